The zero-order valence-corrected chi connectivity index (χ0v) is 15.0. The molecule has 0 N–H and O–H groups in total. The van der Waals surface area contributed by atoms with Gasteiger partial charge in [0, 0.05) is 50.3 Å². The number of carbonyl (C=O) groups is 2. The molecule has 4 rings (SSSR count). The van der Waals surface area contributed by atoms with Gasteiger partial charge in [-0.1, -0.05) is 6.07 Å². The monoisotopic (exact) mass is 379 g/mol. The molecular weight excluding hydrogens is 361 g/mol. The Morgan fingerprint density at radius 1 is 0.929 bits per heavy atom. The van der Waals surface area contributed by atoms with E-state index in [0.29, 0.717) is 43.1 Å². The van der Waals surface area contributed by atoms with Crippen molar-refractivity contribution in [3.63, 3.8) is 0 Å². The number of hydrogen-bond donors (Lipinski definition) is 0. The van der Waals surface area contributed by atoms with Gasteiger partial charge >= 0.3 is 0 Å². The van der Waals surface area contributed by atoms with Gasteiger partial charge in [0.2, 0.25) is 0 Å². The summed E-state index contributed by atoms with van der Waals surface area (Å²) in [5.74, 6) is -0.105. The summed E-state index contributed by atoms with van der Waals surface area (Å²) in [6.07, 6.45) is 6.62. The van der Waals surface area contributed by atoms with E-state index in [1.807, 2.05) is 0 Å². The van der Waals surface area contributed by atoms with Crippen LogP contribution in [0.15, 0.2) is 61.3 Å². The van der Waals surface area contributed by atoms with Crippen LogP contribution >= 0.6 is 0 Å². The normalized spacial score (nSPS) is 14.2. The van der Waals surface area contributed by atoms with Crippen LogP contribution in [0.1, 0.15) is 20.7 Å². The molecule has 0 atom stereocenters. The molecule has 1 aromatic carbocycles. The van der Waals surface area contributed by atoms with Crippen molar-refractivity contribution >= 4 is 11.8 Å². The van der Waals surface area contributed by atoms with Gasteiger partial charge in [-0.2, -0.15) is 0 Å². The lowest BCUT2D eigenvalue weighted by molar-refractivity contribution is 0.0535. The first kappa shape index (κ1) is 17.8. The lowest BCUT2D eigenvalue weighted by atomic mass is 10.1. The first-order valence-corrected chi connectivity index (χ1v) is 8.90. The highest BCUT2D eigenvalue weighted by Gasteiger charge is 2.25. The Morgan fingerprint density at radius 3 is 2.21 bits per heavy atom. The van der Waals surface area contributed by atoms with Gasteiger partial charge < -0.3 is 9.80 Å². The number of carbonyl (C=O) groups excluding carboxylic acids is 2. The molecule has 142 valence electrons. The van der Waals surface area contributed by atoms with Crippen molar-refractivity contribution in [2.75, 3.05) is 26.2 Å². The molecule has 8 heteroatoms. The highest BCUT2D eigenvalue weighted by atomic mass is 19.1. The lowest BCUT2D eigenvalue weighted by Crippen LogP contribution is -2.50. The van der Waals surface area contributed by atoms with E-state index in [1.54, 1.807) is 57.5 Å². The molecule has 1 fully saturated rings. The van der Waals surface area contributed by atoms with E-state index in [0.717, 1.165) is 0 Å². The summed E-state index contributed by atoms with van der Waals surface area (Å²) < 4.78 is 15.1. The van der Waals surface area contributed by atoms with E-state index in [1.165, 1.54) is 18.2 Å². The van der Waals surface area contributed by atoms with Gasteiger partial charge in [0.1, 0.15) is 18.0 Å². The minimum atomic E-state index is -0.439. The van der Waals surface area contributed by atoms with Crippen LogP contribution in [0.5, 0.6) is 0 Å². The molecule has 28 heavy (non-hydrogen) atoms. The first-order chi connectivity index (χ1) is 13.6. The van der Waals surface area contributed by atoms with E-state index in [4.69, 9.17) is 0 Å². The van der Waals surface area contributed by atoms with Crippen LogP contribution in [-0.4, -0.2) is 62.3 Å². The van der Waals surface area contributed by atoms with Crippen molar-refractivity contribution < 1.29 is 14.0 Å². The molecule has 0 radical (unpaired) electrons. The molecule has 0 spiro atoms. The summed E-state index contributed by atoms with van der Waals surface area (Å²) in [4.78, 5) is 36.8. The summed E-state index contributed by atoms with van der Waals surface area (Å²) in [6, 6.07) is 9.14. The van der Waals surface area contributed by atoms with Crippen molar-refractivity contribution in [1.29, 1.82) is 0 Å². The molecule has 0 aliphatic carbocycles. The molecule has 2 amide bonds. The summed E-state index contributed by atoms with van der Waals surface area (Å²) in [6.45, 7) is 1.65. The van der Waals surface area contributed by atoms with Crippen molar-refractivity contribution in [3.8, 4) is 5.82 Å². The zero-order valence-electron chi connectivity index (χ0n) is 15.0. The number of hydrogen-bond acceptors (Lipinski definition) is 4. The second-order valence-electron chi connectivity index (χ2n) is 6.47. The fraction of sp³-hybridized carbons (Fsp3) is 0.200. The fourth-order valence-electron chi connectivity index (χ4n) is 3.16. The van der Waals surface area contributed by atoms with Crippen LogP contribution < -0.4 is 0 Å². The van der Waals surface area contributed by atoms with Crippen LogP contribution in [0.25, 0.3) is 5.82 Å². The summed E-state index contributed by atoms with van der Waals surface area (Å²) in [5.41, 5.74) is 0.813. The minimum Gasteiger partial charge on any atom is -0.335 e. The van der Waals surface area contributed by atoms with Crippen LogP contribution in [-0.2, 0) is 0 Å². The average Bonchev–Trinajstić information content (AvgIpc) is 3.28. The van der Waals surface area contributed by atoms with Crippen LogP contribution in [0, 0.1) is 5.82 Å². The van der Waals surface area contributed by atoms with E-state index in [-0.39, 0.29) is 11.8 Å². The van der Waals surface area contributed by atoms with E-state index >= 15 is 0 Å². The smallest absolute Gasteiger partial charge is 0.255 e. The highest BCUT2D eigenvalue weighted by Crippen LogP contribution is 2.13. The number of halogens is 1. The third-order valence-corrected chi connectivity index (χ3v) is 4.69. The SMILES string of the molecule is O=C(c1ccc(-n2ccnc2)nc1)N1CCN(C(=O)c2cccc(F)c2)CC1. The van der Waals surface area contributed by atoms with Crippen molar-refractivity contribution in [3.05, 3.63) is 78.3 Å². The predicted octanol–water partition coefficient (Wildman–Crippen LogP) is 2.00. The fourth-order valence-corrected chi connectivity index (χ4v) is 3.16. The van der Waals surface area contributed by atoms with Gasteiger partial charge in [-0.3, -0.25) is 14.2 Å². The number of benzene rings is 1. The van der Waals surface area contributed by atoms with Gasteiger partial charge in [-0.05, 0) is 30.3 Å². The standard InChI is InChI=1S/C20H18FN5O2/c21-17-3-1-2-15(12-17)19(27)24-8-10-25(11-9-24)20(28)16-4-5-18(23-13-16)26-7-6-22-14-26/h1-7,12-14H,8-11H2. The van der Waals surface area contributed by atoms with Crippen molar-refractivity contribution in [2.24, 2.45) is 0 Å². The predicted molar refractivity (Wildman–Crippen MR) is 99.6 cm³/mol. The zero-order chi connectivity index (χ0) is 19.5. The van der Waals surface area contributed by atoms with E-state index < -0.39 is 5.82 Å². The molecule has 3 aromatic rings. The minimum absolute atomic E-state index is 0.123. The maximum absolute atomic E-state index is 13.3. The molecule has 2 aromatic heterocycles. The molecule has 0 bridgehead atoms. The summed E-state index contributed by atoms with van der Waals surface area (Å²) in [5, 5.41) is 0. The molecule has 0 unspecified atom stereocenters. The molecule has 1 aliphatic heterocycles. The number of pyridine rings is 1. The maximum atomic E-state index is 13.3. The van der Waals surface area contributed by atoms with Crippen molar-refractivity contribution in [2.45, 2.75) is 0 Å². The van der Waals surface area contributed by atoms with Gasteiger partial charge in [0.25, 0.3) is 11.8 Å². The summed E-state index contributed by atoms with van der Waals surface area (Å²) in [7, 11) is 0. The van der Waals surface area contributed by atoms with Crippen LogP contribution in [0.3, 0.4) is 0 Å². The number of nitrogens with zero attached hydrogens (tertiary/aromatic N) is 5. The Morgan fingerprint density at radius 2 is 1.64 bits per heavy atom. The second-order valence-corrected chi connectivity index (χ2v) is 6.47. The largest absolute Gasteiger partial charge is 0.335 e. The quantitative estimate of drug-likeness (QED) is 0.698. The topological polar surface area (TPSA) is 71.3 Å². The summed E-state index contributed by atoms with van der Waals surface area (Å²) >= 11 is 0. The van der Waals surface area contributed by atoms with Crippen molar-refractivity contribution in [1.82, 2.24) is 24.3 Å². The number of rotatable bonds is 3. The Bertz CT molecular complexity index is 980. The Labute approximate surface area is 161 Å². The molecular formula is C20H18FN5O2. The molecule has 3 heterocycles. The Hall–Kier alpha value is -3.55. The van der Waals surface area contributed by atoms with Crippen LogP contribution in [0.2, 0.25) is 0 Å². The average molecular weight is 379 g/mol. The third-order valence-electron chi connectivity index (χ3n) is 4.69. The van der Waals surface area contributed by atoms with Gasteiger partial charge in [-0.15, -0.1) is 0 Å². The highest BCUT2D eigenvalue weighted by molar-refractivity contribution is 5.95. The molecule has 1 saturated heterocycles. The first-order valence-electron chi connectivity index (χ1n) is 8.90. The molecule has 0 saturated carbocycles. The molecule has 1 aliphatic rings. The number of piperazine rings is 1. The van der Waals surface area contributed by atoms with E-state index in [2.05, 4.69) is 9.97 Å². The van der Waals surface area contributed by atoms with Gasteiger partial charge in [0.15, 0.2) is 0 Å². The van der Waals surface area contributed by atoms with Gasteiger partial charge in [0.05, 0.1) is 5.56 Å². The lowest BCUT2D eigenvalue weighted by Gasteiger charge is -2.34. The Balaban J connectivity index is 1.38. The van der Waals surface area contributed by atoms with Gasteiger partial charge in [-0.25, -0.2) is 14.4 Å². The number of aromatic nitrogens is 3. The number of amides is 2. The third kappa shape index (κ3) is 3.62. The number of imidazole rings is 1. The maximum Gasteiger partial charge on any atom is 0.255 e. The van der Waals surface area contributed by atoms with Crippen LogP contribution in [0.4, 0.5) is 4.39 Å². The molecule has 7 nitrogen and oxygen atoms in total. The Kier molecular flexibility index (Phi) is 4.84. The second kappa shape index (κ2) is 7.59. The van der Waals surface area contributed by atoms with E-state index in [9.17, 15) is 14.0 Å².